The monoisotopic (exact) mass is 564 g/mol. The van der Waals surface area contributed by atoms with E-state index < -0.39 is 36.0 Å². The molecule has 0 N–H and O–H groups in total. The van der Waals surface area contributed by atoms with Crippen molar-refractivity contribution in [2.75, 3.05) is 11.5 Å². The van der Waals surface area contributed by atoms with Gasteiger partial charge >= 0.3 is 5.97 Å². The molecular formula is C32H18ClFN2O5. The zero-order valence-corrected chi connectivity index (χ0v) is 21.9. The highest BCUT2D eigenvalue weighted by Crippen LogP contribution is 2.32. The van der Waals surface area contributed by atoms with Crippen molar-refractivity contribution < 1.29 is 28.3 Å². The number of pyridine rings is 1. The molecule has 1 aromatic heterocycles. The van der Waals surface area contributed by atoms with Crippen LogP contribution in [0, 0.1) is 5.82 Å². The zero-order valence-electron chi connectivity index (χ0n) is 21.1. The van der Waals surface area contributed by atoms with Crippen molar-refractivity contribution in [1.82, 2.24) is 4.98 Å². The van der Waals surface area contributed by atoms with Gasteiger partial charge in [-0.25, -0.2) is 19.1 Å². The normalized spacial score (nSPS) is 12.5. The topological polar surface area (TPSA) is 93.6 Å². The van der Waals surface area contributed by atoms with Crippen LogP contribution in [-0.2, 0) is 4.74 Å². The average Bonchev–Trinajstić information content (AvgIpc) is 3.25. The highest BCUT2D eigenvalue weighted by atomic mass is 35.5. The van der Waals surface area contributed by atoms with Crippen LogP contribution < -0.4 is 4.90 Å². The molecule has 2 heterocycles. The number of nitrogens with zero attached hydrogens (tertiary/aromatic N) is 2. The molecule has 0 radical (unpaired) electrons. The van der Waals surface area contributed by atoms with E-state index in [1.165, 1.54) is 18.2 Å². The molecule has 0 saturated heterocycles. The highest BCUT2D eigenvalue weighted by molar-refractivity contribution is 6.34. The number of hydrogen-bond acceptors (Lipinski definition) is 6. The molecule has 0 bridgehead atoms. The first-order valence-electron chi connectivity index (χ1n) is 12.4. The molecule has 41 heavy (non-hydrogen) atoms. The van der Waals surface area contributed by atoms with Gasteiger partial charge in [0.25, 0.3) is 11.8 Å². The second-order valence-electron chi connectivity index (χ2n) is 9.26. The number of carbonyl (C=O) groups excluding carboxylic acids is 4. The van der Waals surface area contributed by atoms with Gasteiger partial charge in [-0.05, 0) is 72.8 Å². The van der Waals surface area contributed by atoms with Crippen molar-refractivity contribution in [3.8, 4) is 11.3 Å². The maximum atomic E-state index is 13.2. The number of imide groups is 1. The fraction of sp³-hybridized carbons (Fsp3) is 0.0312. The summed E-state index contributed by atoms with van der Waals surface area (Å²) < 4.78 is 18.5. The molecule has 1 aliphatic heterocycles. The van der Waals surface area contributed by atoms with Crippen molar-refractivity contribution in [2.45, 2.75) is 0 Å². The quantitative estimate of drug-likeness (QED) is 0.132. The Bertz CT molecular complexity index is 1850. The van der Waals surface area contributed by atoms with E-state index in [4.69, 9.17) is 16.3 Å². The van der Waals surface area contributed by atoms with E-state index in [9.17, 15) is 23.6 Å². The third kappa shape index (κ3) is 4.85. The Morgan fingerprint density at radius 3 is 2.15 bits per heavy atom. The summed E-state index contributed by atoms with van der Waals surface area (Å²) >= 11 is 6.18. The van der Waals surface area contributed by atoms with Crippen molar-refractivity contribution in [3.63, 3.8) is 0 Å². The Labute approximate surface area is 237 Å². The predicted octanol–water partition coefficient (Wildman–Crippen LogP) is 6.53. The molecule has 0 unspecified atom stereocenters. The zero-order chi connectivity index (χ0) is 28.7. The molecule has 5 aromatic rings. The number of hydrogen-bond donors (Lipinski definition) is 0. The summed E-state index contributed by atoms with van der Waals surface area (Å²) in [5.41, 5.74) is 2.93. The van der Waals surface area contributed by atoms with Crippen LogP contribution in [0.5, 0.6) is 0 Å². The SMILES string of the molecule is O=C(COC(=O)c1cc(-c2ccc(N3C(=O)c4ccccc4C3=O)cc2)nc2ccc(Cl)cc12)c1ccc(F)cc1. The third-order valence-corrected chi connectivity index (χ3v) is 6.94. The molecule has 7 nitrogen and oxygen atoms in total. The van der Waals surface area contributed by atoms with E-state index in [2.05, 4.69) is 4.98 Å². The van der Waals surface area contributed by atoms with E-state index in [1.807, 2.05) is 0 Å². The van der Waals surface area contributed by atoms with Gasteiger partial charge in [0.1, 0.15) is 5.82 Å². The van der Waals surface area contributed by atoms with E-state index >= 15 is 0 Å². The van der Waals surface area contributed by atoms with Crippen LogP contribution in [0.2, 0.25) is 5.02 Å². The fourth-order valence-electron chi connectivity index (χ4n) is 4.65. The van der Waals surface area contributed by atoms with Crippen molar-refractivity contribution in [1.29, 1.82) is 0 Å². The number of ketones is 1. The van der Waals surface area contributed by atoms with E-state index in [0.29, 0.717) is 44.0 Å². The van der Waals surface area contributed by atoms with Gasteiger partial charge in [0, 0.05) is 21.5 Å². The Hall–Kier alpha value is -5.21. The van der Waals surface area contributed by atoms with Gasteiger partial charge in [-0.15, -0.1) is 0 Å². The lowest BCUT2D eigenvalue weighted by Gasteiger charge is -2.15. The van der Waals surface area contributed by atoms with Gasteiger partial charge in [-0.3, -0.25) is 14.4 Å². The van der Waals surface area contributed by atoms with E-state index in [0.717, 1.165) is 17.0 Å². The lowest BCUT2D eigenvalue weighted by atomic mass is 10.0. The summed E-state index contributed by atoms with van der Waals surface area (Å²) in [7, 11) is 0. The largest absolute Gasteiger partial charge is 0.454 e. The number of halogens is 2. The Morgan fingerprint density at radius 1 is 0.829 bits per heavy atom. The van der Waals surface area contributed by atoms with E-state index in [-0.39, 0.29) is 11.1 Å². The van der Waals surface area contributed by atoms with Gasteiger partial charge in [-0.1, -0.05) is 35.9 Å². The van der Waals surface area contributed by atoms with Crippen LogP contribution in [-0.4, -0.2) is 35.2 Å². The molecule has 1 aliphatic rings. The van der Waals surface area contributed by atoms with Gasteiger partial charge < -0.3 is 4.74 Å². The molecule has 0 atom stereocenters. The summed E-state index contributed by atoms with van der Waals surface area (Å²) in [4.78, 5) is 57.1. The molecule has 0 aliphatic carbocycles. The molecular weight excluding hydrogens is 547 g/mol. The Balaban J connectivity index is 1.29. The van der Waals surface area contributed by atoms with Gasteiger partial charge in [0.15, 0.2) is 12.4 Å². The smallest absolute Gasteiger partial charge is 0.339 e. The maximum absolute atomic E-state index is 13.2. The Morgan fingerprint density at radius 2 is 1.49 bits per heavy atom. The number of aromatic nitrogens is 1. The average molecular weight is 565 g/mol. The number of amides is 2. The number of ether oxygens (including phenoxy) is 1. The number of esters is 1. The number of Topliss-reactive ketones (excluding diaryl/α,β-unsaturated/α-hetero) is 1. The van der Waals surface area contributed by atoms with Gasteiger partial charge in [0.2, 0.25) is 0 Å². The highest BCUT2D eigenvalue weighted by Gasteiger charge is 2.36. The number of benzene rings is 4. The van der Waals surface area contributed by atoms with Crippen molar-refractivity contribution in [3.05, 3.63) is 130 Å². The van der Waals surface area contributed by atoms with Gasteiger partial charge in [0.05, 0.1) is 33.6 Å². The molecule has 0 saturated carbocycles. The van der Waals surface area contributed by atoms with Crippen molar-refractivity contribution in [2.24, 2.45) is 0 Å². The number of rotatable bonds is 6. The number of fused-ring (bicyclic) bond motifs is 2. The van der Waals surface area contributed by atoms with Gasteiger partial charge in [-0.2, -0.15) is 0 Å². The third-order valence-electron chi connectivity index (χ3n) is 6.71. The molecule has 6 rings (SSSR count). The lowest BCUT2D eigenvalue weighted by molar-refractivity contribution is 0.0476. The van der Waals surface area contributed by atoms with Crippen LogP contribution in [0.3, 0.4) is 0 Å². The molecule has 4 aromatic carbocycles. The van der Waals surface area contributed by atoms with Crippen LogP contribution in [0.4, 0.5) is 10.1 Å². The molecule has 9 heteroatoms. The number of anilines is 1. The van der Waals surface area contributed by atoms with Crippen molar-refractivity contribution >= 4 is 51.8 Å². The Kier molecular flexibility index (Phi) is 6.61. The summed E-state index contributed by atoms with van der Waals surface area (Å²) in [5, 5.41) is 0.817. The maximum Gasteiger partial charge on any atom is 0.339 e. The van der Waals surface area contributed by atoms with Crippen LogP contribution in [0.15, 0.2) is 97.1 Å². The molecule has 2 amide bonds. The standard InChI is InChI=1S/C32H18ClFN2O5/c33-20-9-14-27-25(15-20)26(32(40)41-17-29(37)19-5-10-21(34)11-6-19)16-28(35-27)18-7-12-22(13-8-18)36-30(38)23-3-1-2-4-24(23)31(36)39/h1-16H,17H2. The second-order valence-corrected chi connectivity index (χ2v) is 9.70. The number of carbonyl (C=O) groups is 4. The minimum atomic E-state index is -0.765. The van der Waals surface area contributed by atoms with Crippen LogP contribution in [0.1, 0.15) is 41.4 Å². The fourth-order valence-corrected chi connectivity index (χ4v) is 4.82. The second kappa shape index (κ2) is 10.4. The lowest BCUT2D eigenvalue weighted by Crippen LogP contribution is -2.29. The van der Waals surface area contributed by atoms with E-state index in [1.54, 1.807) is 66.7 Å². The molecule has 0 fully saturated rings. The van der Waals surface area contributed by atoms with Crippen LogP contribution in [0.25, 0.3) is 22.2 Å². The summed E-state index contributed by atoms with van der Waals surface area (Å²) in [6, 6.07) is 24.6. The minimum Gasteiger partial charge on any atom is -0.454 e. The first-order chi connectivity index (χ1) is 19.8. The first-order valence-corrected chi connectivity index (χ1v) is 12.8. The summed E-state index contributed by atoms with van der Waals surface area (Å²) in [6.07, 6.45) is 0. The molecule has 0 spiro atoms. The predicted molar refractivity (Wildman–Crippen MR) is 151 cm³/mol. The summed E-state index contributed by atoms with van der Waals surface area (Å²) in [6.45, 7) is -0.543. The summed E-state index contributed by atoms with van der Waals surface area (Å²) in [5.74, 6) is -2.54. The van der Waals surface area contributed by atoms with Crippen LogP contribution >= 0.6 is 11.6 Å². The first kappa shape index (κ1) is 26.0. The molecule has 200 valence electrons. The minimum absolute atomic E-state index is 0.142.